The highest BCUT2D eigenvalue weighted by atomic mass is 35.5. The minimum absolute atomic E-state index is 0.0517. The van der Waals surface area contributed by atoms with Gasteiger partial charge in [0.1, 0.15) is 0 Å². The fourth-order valence-corrected chi connectivity index (χ4v) is 3.08. The molecule has 96 valence electrons. The number of alkyl halides is 1. The number of benzene rings is 1. The second-order valence-electron chi connectivity index (χ2n) is 4.99. The minimum Gasteiger partial charge on any atom is -0.370 e. The topological polar surface area (TPSA) is 23.6 Å². The third-order valence-electron chi connectivity index (χ3n) is 3.70. The molecule has 3 rings (SSSR count). The summed E-state index contributed by atoms with van der Waals surface area (Å²) in [7, 11) is 0. The van der Waals surface area contributed by atoms with Crippen molar-refractivity contribution >= 4 is 28.9 Å². The average molecular weight is 265 g/mol. The lowest BCUT2D eigenvalue weighted by Gasteiger charge is -2.26. The number of hydrogen-bond donors (Lipinski definition) is 0. The molecule has 2 heterocycles. The van der Waals surface area contributed by atoms with Crippen LogP contribution in [0.4, 0.5) is 11.4 Å². The molecule has 1 unspecified atom stereocenters. The molecular formula is C14H17ClN2O. The summed E-state index contributed by atoms with van der Waals surface area (Å²) in [6.45, 7) is 2.80. The molecule has 1 aromatic rings. The summed E-state index contributed by atoms with van der Waals surface area (Å²) < 4.78 is 0. The molecule has 2 aliphatic rings. The summed E-state index contributed by atoms with van der Waals surface area (Å²) in [5.41, 5.74) is 2.20. The number of anilines is 2. The Labute approximate surface area is 112 Å². The van der Waals surface area contributed by atoms with Gasteiger partial charge in [-0.05, 0) is 25.0 Å². The van der Waals surface area contributed by atoms with Crippen LogP contribution >= 0.6 is 11.6 Å². The van der Waals surface area contributed by atoms with E-state index in [1.54, 1.807) is 0 Å². The van der Waals surface area contributed by atoms with Crippen molar-refractivity contribution in [2.45, 2.75) is 24.6 Å². The Bertz CT molecular complexity index is 457. The van der Waals surface area contributed by atoms with Crippen molar-refractivity contribution in [2.75, 3.05) is 29.4 Å². The fraction of sp³-hybridized carbons (Fsp3) is 0.500. The number of amides is 1. The van der Waals surface area contributed by atoms with Crippen LogP contribution in [0.25, 0.3) is 0 Å². The Morgan fingerprint density at radius 2 is 1.78 bits per heavy atom. The molecule has 0 saturated carbocycles. The maximum atomic E-state index is 12.0. The normalized spacial score (nSPS) is 24.1. The Kier molecular flexibility index (Phi) is 3.16. The molecule has 2 saturated heterocycles. The van der Waals surface area contributed by atoms with E-state index in [-0.39, 0.29) is 11.3 Å². The number of carbonyl (C=O) groups is 1. The first kappa shape index (κ1) is 11.8. The summed E-state index contributed by atoms with van der Waals surface area (Å²) >= 11 is 6.09. The second kappa shape index (κ2) is 4.81. The molecule has 0 aliphatic carbocycles. The predicted octanol–water partition coefficient (Wildman–Crippen LogP) is 2.63. The summed E-state index contributed by atoms with van der Waals surface area (Å²) in [5, 5.41) is -0.0517. The first-order valence-corrected chi connectivity index (χ1v) is 6.98. The number of nitrogens with zero attached hydrogens (tertiary/aromatic N) is 2. The van der Waals surface area contributed by atoms with E-state index >= 15 is 0 Å². The van der Waals surface area contributed by atoms with E-state index in [1.165, 1.54) is 18.5 Å². The maximum absolute atomic E-state index is 12.0. The van der Waals surface area contributed by atoms with Crippen LogP contribution in [0, 0.1) is 0 Å². The van der Waals surface area contributed by atoms with Crippen molar-refractivity contribution < 1.29 is 4.79 Å². The van der Waals surface area contributed by atoms with Crippen molar-refractivity contribution in [3.05, 3.63) is 24.3 Å². The maximum Gasteiger partial charge on any atom is 0.228 e. The smallest absolute Gasteiger partial charge is 0.228 e. The quantitative estimate of drug-likeness (QED) is 0.767. The highest BCUT2D eigenvalue weighted by Crippen LogP contribution is 2.34. The van der Waals surface area contributed by atoms with Crippen LogP contribution in [0.5, 0.6) is 0 Å². The lowest BCUT2D eigenvalue weighted by molar-refractivity contribution is -0.117. The van der Waals surface area contributed by atoms with E-state index < -0.39 is 0 Å². The van der Waals surface area contributed by atoms with Gasteiger partial charge in [-0.1, -0.05) is 12.1 Å². The van der Waals surface area contributed by atoms with Gasteiger partial charge in [0.2, 0.25) is 5.91 Å². The van der Waals surface area contributed by atoms with E-state index in [0.717, 1.165) is 18.8 Å². The van der Waals surface area contributed by atoms with Crippen LogP contribution in [-0.4, -0.2) is 30.9 Å². The third kappa shape index (κ3) is 2.07. The van der Waals surface area contributed by atoms with Gasteiger partial charge in [0, 0.05) is 26.1 Å². The molecule has 2 aliphatic heterocycles. The van der Waals surface area contributed by atoms with Crippen LogP contribution in [0.1, 0.15) is 19.3 Å². The van der Waals surface area contributed by atoms with E-state index in [1.807, 2.05) is 23.1 Å². The van der Waals surface area contributed by atoms with Crippen LogP contribution in [0.2, 0.25) is 0 Å². The molecule has 1 atom stereocenters. The predicted molar refractivity (Wildman–Crippen MR) is 74.5 cm³/mol. The summed E-state index contributed by atoms with van der Waals surface area (Å²) in [6.07, 6.45) is 2.93. The Morgan fingerprint density at radius 1 is 1.11 bits per heavy atom. The molecule has 0 bridgehead atoms. The molecule has 4 heteroatoms. The summed E-state index contributed by atoms with van der Waals surface area (Å²) in [6, 6.07) is 8.16. The monoisotopic (exact) mass is 264 g/mol. The summed E-state index contributed by atoms with van der Waals surface area (Å²) in [5.74, 6) is 0.140. The van der Waals surface area contributed by atoms with E-state index in [4.69, 9.17) is 11.6 Å². The van der Waals surface area contributed by atoms with Crippen molar-refractivity contribution in [3.63, 3.8) is 0 Å². The fourth-order valence-electron chi connectivity index (χ4n) is 2.81. The first-order valence-electron chi connectivity index (χ1n) is 6.54. The lowest BCUT2D eigenvalue weighted by Crippen LogP contribution is -2.28. The number of hydrogen-bond acceptors (Lipinski definition) is 2. The minimum atomic E-state index is -0.0517. The summed E-state index contributed by atoms with van der Waals surface area (Å²) in [4.78, 5) is 16.2. The highest BCUT2D eigenvalue weighted by molar-refractivity contribution is 6.24. The van der Waals surface area contributed by atoms with Gasteiger partial charge in [-0.2, -0.15) is 0 Å². The van der Waals surface area contributed by atoms with Gasteiger partial charge in [0.05, 0.1) is 16.8 Å². The molecule has 1 amide bonds. The molecule has 3 nitrogen and oxygen atoms in total. The molecule has 2 fully saturated rings. The van der Waals surface area contributed by atoms with Crippen LogP contribution < -0.4 is 9.80 Å². The van der Waals surface area contributed by atoms with Gasteiger partial charge in [-0.25, -0.2) is 0 Å². The van der Waals surface area contributed by atoms with Crippen molar-refractivity contribution in [3.8, 4) is 0 Å². The molecule has 0 aromatic heterocycles. The van der Waals surface area contributed by atoms with Gasteiger partial charge in [0.25, 0.3) is 0 Å². The van der Waals surface area contributed by atoms with Crippen LogP contribution in [0.3, 0.4) is 0 Å². The molecule has 18 heavy (non-hydrogen) atoms. The zero-order valence-corrected chi connectivity index (χ0v) is 11.1. The van der Waals surface area contributed by atoms with E-state index in [0.29, 0.717) is 13.0 Å². The van der Waals surface area contributed by atoms with Gasteiger partial charge < -0.3 is 9.80 Å². The molecule has 0 spiro atoms. The van der Waals surface area contributed by atoms with Gasteiger partial charge in [-0.15, -0.1) is 11.6 Å². The lowest BCUT2D eigenvalue weighted by atomic mass is 10.2. The Hall–Kier alpha value is -1.22. The average Bonchev–Trinajstić information content (AvgIpc) is 2.99. The number of rotatable bonds is 2. The number of carbonyl (C=O) groups excluding carboxylic acids is 1. The third-order valence-corrected chi connectivity index (χ3v) is 3.99. The van der Waals surface area contributed by atoms with E-state index in [2.05, 4.69) is 11.0 Å². The second-order valence-corrected chi connectivity index (χ2v) is 5.61. The van der Waals surface area contributed by atoms with Crippen molar-refractivity contribution in [1.82, 2.24) is 0 Å². The zero-order chi connectivity index (χ0) is 12.5. The molecule has 0 radical (unpaired) electrons. The molecule has 0 N–H and O–H groups in total. The number of para-hydroxylation sites is 2. The molecule has 1 aromatic carbocycles. The van der Waals surface area contributed by atoms with Crippen LogP contribution in [-0.2, 0) is 4.79 Å². The van der Waals surface area contributed by atoms with Gasteiger partial charge >= 0.3 is 0 Å². The van der Waals surface area contributed by atoms with Gasteiger partial charge in [0.15, 0.2) is 0 Å². The van der Waals surface area contributed by atoms with Gasteiger partial charge in [-0.3, -0.25) is 4.79 Å². The SMILES string of the molecule is O=C1CC(Cl)CN1c1ccccc1N1CCCC1. The standard InChI is InChI=1S/C14H17ClN2O/c15-11-9-14(18)17(10-11)13-6-2-1-5-12(13)16-7-3-4-8-16/h1-2,5-6,11H,3-4,7-10H2. The first-order chi connectivity index (χ1) is 8.75. The van der Waals surface area contributed by atoms with Crippen molar-refractivity contribution in [1.29, 1.82) is 0 Å². The zero-order valence-electron chi connectivity index (χ0n) is 10.3. The molecular weight excluding hydrogens is 248 g/mol. The highest BCUT2D eigenvalue weighted by Gasteiger charge is 2.31. The largest absolute Gasteiger partial charge is 0.370 e. The number of halogens is 1. The van der Waals surface area contributed by atoms with Crippen molar-refractivity contribution in [2.24, 2.45) is 0 Å². The van der Waals surface area contributed by atoms with E-state index in [9.17, 15) is 4.79 Å². The van der Waals surface area contributed by atoms with Crippen LogP contribution in [0.15, 0.2) is 24.3 Å². The Balaban J connectivity index is 1.93. The Morgan fingerprint density at radius 3 is 2.39 bits per heavy atom.